The van der Waals surface area contributed by atoms with Crippen LogP contribution in [-0.4, -0.2) is 64.8 Å². The molecule has 1 heterocycles. The number of piperazine rings is 1. The van der Waals surface area contributed by atoms with Crippen LogP contribution in [0.15, 0.2) is 12.7 Å². The average Bonchev–Trinajstić information content (AvgIpc) is 2.26. The summed E-state index contributed by atoms with van der Waals surface area (Å²) in [7, 11) is 0. The molecule has 1 saturated heterocycles. The minimum atomic E-state index is -1.01. The molecule has 0 spiro atoms. The molecule has 1 N–H and O–H groups in total. The van der Waals surface area contributed by atoms with Crippen molar-refractivity contribution in [2.45, 2.75) is 32.4 Å². The molecule has 0 aromatic carbocycles. The fourth-order valence-electron chi connectivity index (χ4n) is 1.94. The van der Waals surface area contributed by atoms with Gasteiger partial charge in [-0.2, -0.15) is 0 Å². The van der Waals surface area contributed by atoms with Gasteiger partial charge in [0.25, 0.3) is 0 Å². The molecule has 0 aliphatic carbocycles. The van der Waals surface area contributed by atoms with E-state index >= 15 is 0 Å². The van der Waals surface area contributed by atoms with Gasteiger partial charge in [-0.3, -0.25) is 9.80 Å². The summed E-state index contributed by atoms with van der Waals surface area (Å²) in [6.07, 6.45) is 1.15. The minimum absolute atomic E-state index is 0.292. The lowest BCUT2D eigenvalue weighted by Gasteiger charge is -2.39. The lowest BCUT2D eigenvalue weighted by Crippen LogP contribution is -2.58. The van der Waals surface area contributed by atoms with Crippen LogP contribution < -0.4 is 0 Å². The second kappa shape index (κ2) is 6.06. The third-order valence-electron chi connectivity index (χ3n) is 2.76. The Morgan fingerprint density at radius 3 is 2.53 bits per heavy atom. The van der Waals surface area contributed by atoms with Gasteiger partial charge in [0.1, 0.15) is 11.6 Å². The van der Waals surface area contributed by atoms with E-state index < -0.39 is 23.7 Å². The molecule has 0 bridgehead atoms. The quantitative estimate of drug-likeness (QED) is 0.780. The molecule has 6 nitrogen and oxygen atoms in total. The molecule has 0 saturated carbocycles. The van der Waals surface area contributed by atoms with E-state index in [-0.39, 0.29) is 0 Å². The number of nitrogens with zero attached hydrogens (tertiary/aromatic N) is 2. The van der Waals surface area contributed by atoms with Gasteiger partial charge in [0, 0.05) is 26.2 Å². The van der Waals surface area contributed by atoms with Crippen molar-refractivity contribution in [1.29, 1.82) is 0 Å². The molecule has 1 rings (SSSR count). The highest BCUT2D eigenvalue weighted by atomic mass is 16.6. The molecule has 1 aliphatic heterocycles. The van der Waals surface area contributed by atoms with Crippen molar-refractivity contribution in [1.82, 2.24) is 9.80 Å². The summed E-state index contributed by atoms with van der Waals surface area (Å²) in [4.78, 5) is 26.5. The lowest BCUT2D eigenvalue weighted by atomic mass is 10.1. The zero-order valence-electron chi connectivity index (χ0n) is 11.8. The standard InChI is InChI=1S/C13H22N2O4/c1-5-6-14-7-8-15(10(9-14)11(16)17)12(18)19-13(2,3)4/h5,10H,1,6-9H2,2-4H3,(H,16,17)/t10-/m0/s1. The van der Waals surface area contributed by atoms with Crippen LogP contribution in [0.2, 0.25) is 0 Å². The Labute approximate surface area is 113 Å². The number of amides is 1. The van der Waals surface area contributed by atoms with Gasteiger partial charge in [-0.15, -0.1) is 6.58 Å². The van der Waals surface area contributed by atoms with E-state index in [1.807, 2.05) is 4.90 Å². The summed E-state index contributed by atoms with van der Waals surface area (Å²) in [5, 5.41) is 9.24. The fourth-order valence-corrected chi connectivity index (χ4v) is 1.94. The normalized spacial score (nSPS) is 21.0. The Morgan fingerprint density at radius 1 is 1.42 bits per heavy atom. The van der Waals surface area contributed by atoms with E-state index in [1.54, 1.807) is 26.8 Å². The first-order valence-corrected chi connectivity index (χ1v) is 6.30. The Balaban J connectivity index is 2.74. The van der Waals surface area contributed by atoms with Crippen LogP contribution in [0.25, 0.3) is 0 Å². The topological polar surface area (TPSA) is 70.1 Å². The average molecular weight is 270 g/mol. The Bertz CT molecular complexity index is 362. The molecule has 1 amide bonds. The monoisotopic (exact) mass is 270 g/mol. The van der Waals surface area contributed by atoms with Crippen molar-refractivity contribution >= 4 is 12.1 Å². The lowest BCUT2D eigenvalue weighted by molar-refractivity contribution is -0.145. The van der Waals surface area contributed by atoms with Crippen LogP contribution in [0.1, 0.15) is 20.8 Å². The highest BCUT2D eigenvalue weighted by Crippen LogP contribution is 2.16. The first kappa shape index (κ1) is 15.5. The van der Waals surface area contributed by atoms with Crippen LogP contribution in [0, 0.1) is 0 Å². The third-order valence-corrected chi connectivity index (χ3v) is 2.76. The van der Waals surface area contributed by atoms with Crippen LogP contribution in [0.3, 0.4) is 0 Å². The van der Waals surface area contributed by atoms with Gasteiger partial charge >= 0.3 is 12.1 Å². The fraction of sp³-hybridized carbons (Fsp3) is 0.692. The maximum atomic E-state index is 12.0. The number of carboxylic acid groups (broad SMARTS) is 1. The predicted molar refractivity (Wildman–Crippen MR) is 71.0 cm³/mol. The van der Waals surface area contributed by atoms with Gasteiger partial charge in [0.15, 0.2) is 0 Å². The smallest absolute Gasteiger partial charge is 0.411 e. The van der Waals surface area contributed by atoms with Gasteiger partial charge in [-0.05, 0) is 20.8 Å². The SMILES string of the molecule is C=CCN1CCN(C(=O)OC(C)(C)C)[C@H](C(=O)O)C1. The van der Waals surface area contributed by atoms with E-state index in [0.29, 0.717) is 26.2 Å². The third kappa shape index (κ3) is 4.55. The number of hydrogen-bond acceptors (Lipinski definition) is 4. The maximum Gasteiger partial charge on any atom is 0.411 e. The largest absolute Gasteiger partial charge is 0.480 e. The van der Waals surface area contributed by atoms with E-state index in [0.717, 1.165) is 0 Å². The maximum absolute atomic E-state index is 12.0. The molecule has 1 aliphatic rings. The van der Waals surface area contributed by atoms with E-state index in [9.17, 15) is 14.7 Å². The highest BCUT2D eigenvalue weighted by Gasteiger charge is 2.37. The minimum Gasteiger partial charge on any atom is -0.480 e. The molecule has 1 fully saturated rings. The van der Waals surface area contributed by atoms with Crippen molar-refractivity contribution in [3.05, 3.63) is 12.7 Å². The molecule has 0 aromatic heterocycles. The second-order valence-corrected chi connectivity index (χ2v) is 5.58. The summed E-state index contributed by atoms with van der Waals surface area (Å²) in [6, 6.07) is -0.872. The number of carbonyl (C=O) groups excluding carboxylic acids is 1. The summed E-state index contributed by atoms with van der Waals surface area (Å²) >= 11 is 0. The van der Waals surface area contributed by atoms with Crippen molar-refractivity contribution in [3.63, 3.8) is 0 Å². The predicted octanol–water partition coefficient (Wildman–Crippen LogP) is 1.18. The van der Waals surface area contributed by atoms with Crippen LogP contribution in [0.5, 0.6) is 0 Å². The second-order valence-electron chi connectivity index (χ2n) is 5.58. The molecule has 6 heteroatoms. The molecule has 0 radical (unpaired) electrons. The number of ether oxygens (including phenoxy) is 1. The molecule has 108 valence electrons. The van der Waals surface area contributed by atoms with Crippen molar-refractivity contribution in [2.75, 3.05) is 26.2 Å². The number of aliphatic carboxylic acids is 1. The van der Waals surface area contributed by atoms with E-state index in [2.05, 4.69) is 6.58 Å². The van der Waals surface area contributed by atoms with Crippen LogP contribution in [-0.2, 0) is 9.53 Å². The highest BCUT2D eigenvalue weighted by molar-refractivity contribution is 5.80. The van der Waals surface area contributed by atoms with E-state index in [1.165, 1.54) is 4.90 Å². The number of hydrogen-bond donors (Lipinski definition) is 1. The van der Waals surface area contributed by atoms with Gasteiger partial charge in [-0.1, -0.05) is 6.08 Å². The van der Waals surface area contributed by atoms with Crippen molar-refractivity contribution < 1.29 is 19.4 Å². The Morgan fingerprint density at radius 2 is 2.05 bits per heavy atom. The molecule has 0 aromatic rings. The molecule has 19 heavy (non-hydrogen) atoms. The summed E-state index contributed by atoms with van der Waals surface area (Å²) in [6.45, 7) is 10.8. The van der Waals surface area contributed by atoms with Gasteiger partial charge < -0.3 is 9.84 Å². The zero-order valence-corrected chi connectivity index (χ0v) is 11.8. The van der Waals surface area contributed by atoms with Crippen molar-refractivity contribution in [3.8, 4) is 0 Å². The molecule has 0 unspecified atom stereocenters. The van der Waals surface area contributed by atoms with Crippen LogP contribution in [0.4, 0.5) is 4.79 Å². The first-order chi connectivity index (χ1) is 8.74. The Hall–Kier alpha value is -1.56. The van der Waals surface area contributed by atoms with Gasteiger partial charge in [0.2, 0.25) is 0 Å². The number of carbonyl (C=O) groups is 2. The first-order valence-electron chi connectivity index (χ1n) is 6.30. The molecule has 1 atom stereocenters. The Kier molecular flexibility index (Phi) is 4.94. The molecular weight excluding hydrogens is 248 g/mol. The van der Waals surface area contributed by atoms with Crippen molar-refractivity contribution in [2.24, 2.45) is 0 Å². The van der Waals surface area contributed by atoms with Gasteiger partial charge in [-0.25, -0.2) is 9.59 Å². The summed E-state index contributed by atoms with van der Waals surface area (Å²) in [5.74, 6) is -1.01. The number of carboxylic acids is 1. The summed E-state index contributed by atoms with van der Waals surface area (Å²) in [5.41, 5.74) is -0.627. The van der Waals surface area contributed by atoms with Crippen LogP contribution >= 0.6 is 0 Å². The summed E-state index contributed by atoms with van der Waals surface area (Å²) < 4.78 is 5.24. The zero-order chi connectivity index (χ0) is 14.6. The molecular formula is C13H22N2O4. The van der Waals surface area contributed by atoms with Gasteiger partial charge in [0.05, 0.1) is 0 Å². The van der Waals surface area contributed by atoms with E-state index in [4.69, 9.17) is 4.74 Å². The number of rotatable bonds is 3.